The lowest BCUT2D eigenvalue weighted by Crippen LogP contribution is -2.26. The third-order valence-corrected chi connectivity index (χ3v) is 2.40. The molecule has 0 saturated carbocycles. The number of H-pyrrole nitrogens is 2. The van der Waals surface area contributed by atoms with Gasteiger partial charge in [-0.2, -0.15) is 0 Å². The summed E-state index contributed by atoms with van der Waals surface area (Å²) in [5.41, 5.74) is 6.35. The summed E-state index contributed by atoms with van der Waals surface area (Å²) in [6.45, 7) is 0.890. The molecule has 0 radical (unpaired) electrons. The van der Waals surface area contributed by atoms with Gasteiger partial charge in [-0.15, -0.1) is 5.10 Å². The lowest BCUT2D eigenvalue weighted by molar-refractivity contribution is 0.882. The molecule has 7 nitrogen and oxygen atoms in total. The molecule has 1 aromatic heterocycles. The summed E-state index contributed by atoms with van der Waals surface area (Å²) in [4.78, 5) is 24.2. The van der Waals surface area contributed by atoms with Crippen LogP contribution in [0.1, 0.15) is 11.1 Å². The van der Waals surface area contributed by atoms with Gasteiger partial charge in [0.25, 0.3) is 5.56 Å². The Morgan fingerprint density at radius 2 is 2.06 bits per heavy atom. The van der Waals surface area contributed by atoms with E-state index in [0.29, 0.717) is 13.1 Å². The predicted octanol–water partition coefficient (Wildman–Crippen LogP) is -0.471. The van der Waals surface area contributed by atoms with Gasteiger partial charge < -0.3 is 11.1 Å². The van der Waals surface area contributed by atoms with E-state index >= 15 is 0 Å². The number of nitrogens with two attached hydrogens (primary N) is 1. The highest BCUT2D eigenvalue weighted by atomic mass is 16.2. The Morgan fingerprint density at radius 3 is 2.78 bits per heavy atom. The Hall–Kier alpha value is -2.41. The molecule has 0 unspecified atom stereocenters. The van der Waals surface area contributed by atoms with E-state index in [4.69, 9.17) is 5.73 Å². The van der Waals surface area contributed by atoms with Crippen LogP contribution >= 0.6 is 0 Å². The van der Waals surface area contributed by atoms with Crippen molar-refractivity contribution in [1.82, 2.24) is 15.2 Å². The maximum atomic E-state index is 11.4. The molecule has 5 N–H and O–H groups in total. The minimum atomic E-state index is -0.629. The standard InChI is InChI=1S/C11H13N5O2/c12-5-7-2-1-3-8(4-7)6-13-9-10(17)14-11(18)16-15-9/h1-4H,5-6,12H2,(H,13,15)(H2,14,16,17,18). The predicted molar refractivity (Wildman–Crippen MR) is 67.1 cm³/mol. The van der Waals surface area contributed by atoms with Crippen LogP contribution in [0.5, 0.6) is 0 Å². The van der Waals surface area contributed by atoms with Gasteiger partial charge in [0.1, 0.15) is 0 Å². The van der Waals surface area contributed by atoms with Crippen LogP contribution < -0.4 is 22.3 Å². The Labute approximate surface area is 102 Å². The van der Waals surface area contributed by atoms with E-state index in [2.05, 4.69) is 20.5 Å². The van der Waals surface area contributed by atoms with Crippen molar-refractivity contribution in [1.29, 1.82) is 0 Å². The monoisotopic (exact) mass is 247 g/mol. The molecular weight excluding hydrogens is 234 g/mol. The molecule has 0 saturated heterocycles. The van der Waals surface area contributed by atoms with E-state index in [1.165, 1.54) is 0 Å². The van der Waals surface area contributed by atoms with Gasteiger partial charge in [0.15, 0.2) is 0 Å². The Morgan fingerprint density at radius 1 is 1.28 bits per heavy atom. The average molecular weight is 247 g/mol. The average Bonchev–Trinajstić information content (AvgIpc) is 2.38. The molecule has 7 heteroatoms. The molecule has 2 aromatic rings. The maximum absolute atomic E-state index is 11.4. The number of nitrogens with one attached hydrogen (secondary N) is 3. The van der Waals surface area contributed by atoms with E-state index in [9.17, 15) is 9.59 Å². The van der Waals surface area contributed by atoms with Crippen molar-refractivity contribution in [2.75, 3.05) is 5.32 Å². The van der Waals surface area contributed by atoms with Crippen molar-refractivity contribution < 1.29 is 0 Å². The lowest BCUT2D eigenvalue weighted by atomic mass is 10.1. The van der Waals surface area contributed by atoms with Gasteiger partial charge in [-0.3, -0.25) is 9.78 Å². The highest BCUT2D eigenvalue weighted by molar-refractivity contribution is 5.32. The fraction of sp³-hybridized carbons (Fsp3) is 0.182. The Balaban J connectivity index is 2.11. The molecule has 0 spiro atoms. The maximum Gasteiger partial charge on any atom is 0.342 e. The fourth-order valence-electron chi connectivity index (χ4n) is 1.52. The van der Waals surface area contributed by atoms with Crippen LogP contribution in [0.3, 0.4) is 0 Å². The van der Waals surface area contributed by atoms with E-state index in [1.54, 1.807) is 0 Å². The summed E-state index contributed by atoms with van der Waals surface area (Å²) in [6.07, 6.45) is 0. The molecule has 2 rings (SSSR count). The molecule has 0 amide bonds. The van der Waals surface area contributed by atoms with Gasteiger partial charge in [0.2, 0.25) is 5.82 Å². The normalized spacial score (nSPS) is 10.3. The van der Waals surface area contributed by atoms with E-state index in [1.807, 2.05) is 24.3 Å². The number of benzene rings is 1. The minimum absolute atomic E-state index is 0.0766. The minimum Gasteiger partial charge on any atom is -0.360 e. The van der Waals surface area contributed by atoms with Crippen molar-refractivity contribution >= 4 is 5.82 Å². The molecule has 0 aliphatic rings. The first kappa shape index (κ1) is 12.1. The van der Waals surface area contributed by atoms with Crippen molar-refractivity contribution in [3.8, 4) is 0 Å². The first-order valence-corrected chi connectivity index (χ1v) is 5.40. The van der Waals surface area contributed by atoms with Crippen LogP contribution in [0.25, 0.3) is 0 Å². The summed E-state index contributed by atoms with van der Waals surface area (Å²) >= 11 is 0. The molecule has 94 valence electrons. The first-order chi connectivity index (χ1) is 8.69. The van der Waals surface area contributed by atoms with Gasteiger partial charge >= 0.3 is 5.69 Å². The van der Waals surface area contributed by atoms with Crippen LogP contribution in [-0.2, 0) is 13.1 Å². The lowest BCUT2D eigenvalue weighted by Gasteiger charge is -2.05. The van der Waals surface area contributed by atoms with Gasteiger partial charge in [0.05, 0.1) is 0 Å². The molecular formula is C11H13N5O2. The van der Waals surface area contributed by atoms with Crippen molar-refractivity contribution in [3.63, 3.8) is 0 Å². The molecule has 0 atom stereocenters. The number of hydrogen-bond donors (Lipinski definition) is 4. The quantitative estimate of drug-likeness (QED) is 0.582. The summed E-state index contributed by atoms with van der Waals surface area (Å²) in [5, 5.41) is 8.62. The van der Waals surface area contributed by atoms with E-state index in [-0.39, 0.29) is 5.82 Å². The Bertz CT molecular complexity index is 646. The van der Waals surface area contributed by atoms with Gasteiger partial charge in [0, 0.05) is 13.1 Å². The van der Waals surface area contributed by atoms with Crippen LogP contribution in [-0.4, -0.2) is 15.2 Å². The second-order valence-corrected chi connectivity index (χ2v) is 3.73. The number of aromatic amines is 2. The topological polar surface area (TPSA) is 117 Å². The third-order valence-electron chi connectivity index (χ3n) is 2.40. The molecule has 0 bridgehead atoms. The molecule has 0 aliphatic heterocycles. The van der Waals surface area contributed by atoms with Crippen LogP contribution in [0, 0.1) is 0 Å². The smallest absolute Gasteiger partial charge is 0.342 e. The SMILES string of the molecule is NCc1cccc(CNc2n[nH]c(=O)[nH]c2=O)c1. The van der Waals surface area contributed by atoms with E-state index in [0.717, 1.165) is 11.1 Å². The van der Waals surface area contributed by atoms with Crippen LogP contribution in [0.15, 0.2) is 33.9 Å². The van der Waals surface area contributed by atoms with Crippen molar-refractivity contribution in [2.24, 2.45) is 5.73 Å². The van der Waals surface area contributed by atoms with Gasteiger partial charge in [-0.1, -0.05) is 24.3 Å². The molecule has 1 heterocycles. The largest absolute Gasteiger partial charge is 0.360 e. The second kappa shape index (κ2) is 5.28. The second-order valence-electron chi connectivity index (χ2n) is 3.73. The Kier molecular flexibility index (Phi) is 3.54. The zero-order valence-corrected chi connectivity index (χ0v) is 9.56. The molecule has 18 heavy (non-hydrogen) atoms. The van der Waals surface area contributed by atoms with Crippen molar-refractivity contribution in [3.05, 3.63) is 56.2 Å². The van der Waals surface area contributed by atoms with Gasteiger partial charge in [-0.25, -0.2) is 9.89 Å². The number of nitrogens with zero attached hydrogens (tertiary/aromatic N) is 1. The van der Waals surface area contributed by atoms with E-state index < -0.39 is 11.2 Å². The van der Waals surface area contributed by atoms with Gasteiger partial charge in [-0.05, 0) is 11.1 Å². The highest BCUT2D eigenvalue weighted by Crippen LogP contribution is 2.05. The third kappa shape index (κ3) is 2.83. The first-order valence-electron chi connectivity index (χ1n) is 5.40. The summed E-state index contributed by atoms with van der Waals surface area (Å²) < 4.78 is 0. The number of anilines is 1. The number of hydrogen-bond acceptors (Lipinski definition) is 5. The highest BCUT2D eigenvalue weighted by Gasteiger charge is 2.01. The fourth-order valence-corrected chi connectivity index (χ4v) is 1.52. The molecule has 1 aromatic carbocycles. The molecule has 0 fully saturated rings. The summed E-state index contributed by atoms with van der Waals surface area (Å²) in [6, 6.07) is 7.66. The zero-order valence-electron chi connectivity index (χ0n) is 9.56. The summed E-state index contributed by atoms with van der Waals surface area (Å²) in [7, 11) is 0. The number of rotatable bonds is 4. The number of aromatic nitrogens is 3. The zero-order chi connectivity index (χ0) is 13.0. The van der Waals surface area contributed by atoms with Crippen LogP contribution in [0.4, 0.5) is 5.82 Å². The van der Waals surface area contributed by atoms with Crippen molar-refractivity contribution in [2.45, 2.75) is 13.1 Å². The molecule has 0 aliphatic carbocycles. The summed E-state index contributed by atoms with van der Waals surface area (Å²) in [5.74, 6) is 0.0766. The van der Waals surface area contributed by atoms with Crippen LogP contribution in [0.2, 0.25) is 0 Å².